The van der Waals surface area contributed by atoms with Crippen LogP contribution in [-0.4, -0.2) is 75.0 Å². The Bertz CT molecular complexity index is 2060. The molecule has 0 saturated carbocycles. The van der Waals surface area contributed by atoms with Gasteiger partial charge in [0.1, 0.15) is 11.8 Å². The van der Waals surface area contributed by atoms with Gasteiger partial charge in [0.2, 0.25) is 11.8 Å². The van der Waals surface area contributed by atoms with Crippen molar-refractivity contribution in [2.75, 3.05) is 25.0 Å². The summed E-state index contributed by atoms with van der Waals surface area (Å²) in [5, 5.41) is 16.8. The predicted octanol–water partition coefficient (Wildman–Crippen LogP) is 3.24. The molecule has 3 aromatic carbocycles. The molecule has 1 saturated heterocycles. The number of carbonyl (C=O) groups excluding carboxylic acids is 5. The van der Waals surface area contributed by atoms with E-state index in [9.17, 15) is 24.0 Å². The molecule has 5 amide bonds. The fourth-order valence-corrected chi connectivity index (χ4v) is 6.54. The molecule has 1 fully saturated rings. The standard InChI is InChI=1S/C38H42N8O7/c39-27(21-41-30-7-5-6-29-34(30)38(51)46(37(29)50)31-14-15-33(47)42-36(31)49)23-45(40)17-3-1-2-4-19-53-28-12-8-24(9-13-28)22-44-18-16-25-10-11-26(20-32(25)44)35(48)43-52/h5-13,16,18,20,23,31,41,52H,1-4,14-15,17,19,21-22,39-40H2,(H,43,48)(H,42,47,49)/b27-23-. The lowest BCUT2D eigenvalue weighted by Crippen LogP contribution is -2.54. The first-order chi connectivity index (χ1) is 25.6. The first-order valence-electron chi connectivity index (χ1n) is 17.4. The zero-order valence-electron chi connectivity index (χ0n) is 29.0. The van der Waals surface area contributed by atoms with E-state index in [0.717, 1.165) is 52.8 Å². The topological polar surface area (TPSA) is 214 Å². The lowest BCUT2D eigenvalue weighted by molar-refractivity contribution is -0.136. The maximum absolute atomic E-state index is 13.3. The molecule has 1 unspecified atom stereocenters. The summed E-state index contributed by atoms with van der Waals surface area (Å²) >= 11 is 0. The third kappa shape index (κ3) is 8.48. The number of fused-ring (bicyclic) bond motifs is 2. The van der Waals surface area contributed by atoms with E-state index >= 15 is 0 Å². The van der Waals surface area contributed by atoms with Crippen LogP contribution < -0.4 is 32.4 Å². The molecule has 53 heavy (non-hydrogen) atoms. The van der Waals surface area contributed by atoms with Crippen LogP contribution >= 0.6 is 0 Å². The van der Waals surface area contributed by atoms with E-state index in [1.807, 2.05) is 47.2 Å². The molecule has 4 aromatic rings. The smallest absolute Gasteiger partial charge is 0.274 e. The van der Waals surface area contributed by atoms with Crippen LogP contribution in [0.2, 0.25) is 0 Å². The molecular formula is C38H42N8O7. The van der Waals surface area contributed by atoms with E-state index < -0.39 is 35.6 Å². The van der Waals surface area contributed by atoms with Gasteiger partial charge < -0.3 is 25.4 Å². The first-order valence-corrected chi connectivity index (χ1v) is 17.4. The average Bonchev–Trinajstić information content (AvgIpc) is 3.67. The molecule has 15 heteroatoms. The number of hydrogen-bond acceptors (Lipinski definition) is 11. The number of imide groups is 2. The van der Waals surface area contributed by atoms with Crippen molar-refractivity contribution in [3.05, 3.63) is 107 Å². The molecule has 1 atom stereocenters. The Kier molecular flexibility index (Phi) is 11.3. The molecule has 2 aliphatic heterocycles. The summed E-state index contributed by atoms with van der Waals surface area (Å²) in [6.45, 7) is 1.96. The molecule has 3 heterocycles. The Balaban J connectivity index is 0.887. The van der Waals surface area contributed by atoms with E-state index in [-0.39, 0.29) is 30.5 Å². The minimum absolute atomic E-state index is 0.0477. The first kappa shape index (κ1) is 36.6. The Morgan fingerprint density at radius 2 is 1.79 bits per heavy atom. The van der Waals surface area contributed by atoms with Gasteiger partial charge in [-0.15, -0.1) is 0 Å². The van der Waals surface area contributed by atoms with Crippen LogP contribution in [0, 0.1) is 0 Å². The molecule has 1 aromatic heterocycles. The quantitative estimate of drug-likeness (QED) is 0.0325. The third-order valence-corrected chi connectivity index (χ3v) is 9.28. The van der Waals surface area contributed by atoms with Gasteiger partial charge in [-0.25, -0.2) is 11.3 Å². The van der Waals surface area contributed by atoms with Crippen LogP contribution in [0.15, 0.2) is 84.8 Å². The number of aromatic nitrogens is 1. The van der Waals surface area contributed by atoms with Gasteiger partial charge >= 0.3 is 0 Å². The Morgan fingerprint density at radius 1 is 1.00 bits per heavy atom. The lowest BCUT2D eigenvalue weighted by atomic mass is 10.0. The van der Waals surface area contributed by atoms with E-state index in [1.54, 1.807) is 35.9 Å². The Hall–Kier alpha value is -6.19. The normalized spacial score (nSPS) is 15.8. The van der Waals surface area contributed by atoms with Crippen LogP contribution in [-0.2, 0) is 16.1 Å². The van der Waals surface area contributed by atoms with Crippen LogP contribution in [0.1, 0.15) is 75.2 Å². The van der Waals surface area contributed by atoms with Crippen molar-refractivity contribution in [2.24, 2.45) is 11.6 Å². The second-order valence-electron chi connectivity index (χ2n) is 13.0. The maximum Gasteiger partial charge on any atom is 0.274 e. The molecule has 0 spiro atoms. The fourth-order valence-electron chi connectivity index (χ4n) is 6.54. The minimum Gasteiger partial charge on any atom is -0.494 e. The summed E-state index contributed by atoms with van der Waals surface area (Å²) in [6.07, 6.45) is 7.37. The molecule has 6 rings (SSSR count). The highest BCUT2D eigenvalue weighted by molar-refractivity contribution is 6.25. The van der Waals surface area contributed by atoms with Gasteiger partial charge in [-0.2, -0.15) is 0 Å². The highest BCUT2D eigenvalue weighted by atomic mass is 16.5. The van der Waals surface area contributed by atoms with Crippen molar-refractivity contribution in [2.45, 2.75) is 51.1 Å². The zero-order valence-corrected chi connectivity index (χ0v) is 29.0. The number of nitrogens with zero attached hydrogens (tertiary/aromatic N) is 3. The van der Waals surface area contributed by atoms with Gasteiger partial charge in [-0.3, -0.25) is 39.4 Å². The van der Waals surface area contributed by atoms with Gasteiger partial charge in [-0.05, 0) is 72.7 Å². The highest BCUT2D eigenvalue weighted by Gasteiger charge is 2.45. The molecule has 8 N–H and O–H groups in total. The summed E-state index contributed by atoms with van der Waals surface area (Å²) < 4.78 is 7.98. The SMILES string of the molecule is N/C(=C\N(N)CCCCCCOc1ccc(Cn2ccc3ccc(C(=O)NO)cc32)cc1)CNc1cccc2c1C(=O)N(C1CCC(=O)NC1=O)C2=O. The summed E-state index contributed by atoms with van der Waals surface area (Å²) in [5.74, 6) is 4.13. The van der Waals surface area contributed by atoms with E-state index in [2.05, 4.69) is 10.6 Å². The number of hydrogen-bond donors (Lipinski definition) is 6. The number of nitrogens with one attached hydrogen (secondary N) is 3. The number of carbonyl (C=O) groups is 5. The number of amides is 5. The fraction of sp³-hybridized carbons (Fsp3) is 0.289. The summed E-state index contributed by atoms with van der Waals surface area (Å²) in [4.78, 5) is 63.0. The van der Waals surface area contributed by atoms with Crippen molar-refractivity contribution < 1.29 is 33.9 Å². The van der Waals surface area contributed by atoms with Crippen molar-refractivity contribution in [1.82, 2.24) is 25.3 Å². The number of nitrogens with two attached hydrogens (primary N) is 2. The summed E-state index contributed by atoms with van der Waals surface area (Å²) in [5.41, 5.74) is 11.4. The number of benzene rings is 3. The van der Waals surface area contributed by atoms with E-state index in [0.29, 0.717) is 36.6 Å². The van der Waals surface area contributed by atoms with Gasteiger partial charge in [0, 0.05) is 54.4 Å². The zero-order chi connectivity index (χ0) is 37.5. The van der Waals surface area contributed by atoms with Crippen molar-refractivity contribution >= 4 is 46.1 Å². The largest absolute Gasteiger partial charge is 0.494 e. The van der Waals surface area contributed by atoms with Crippen molar-refractivity contribution in [3.63, 3.8) is 0 Å². The van der Waals surface area contributed by atoms with Crippen molar-refractivity contribution in [1.29, 1.82) is 0 Å². The van der Waals surface area contributed by atoms with Crippen LogP contribution in [0.5, 0.6) is 5.75 Å². The molecule has 276 valence electrons. The number of rotatable bonds is 16. The number of piperidine rings is 1. The van der Waals surface area contributed by atoms with Gasteiger partial charge in [0.25, 0.3) is 17.7 Å². The molecule has 2 aliphatic rings. The lowest BCUT2D eigenvalue weighted by Gasteiger charge is -2.27. The maximum atomic E-state index is 13.3. The summed E-state index contributed by atoms with van der Waals surface area (Å²) in [6, 6.07) is 19.0. The van der Waals surface area contributed by atoms with Crippen LogP contribution in [0.25, 0.3) is 10.9 Å². The molecular weight excluding hydrogens is 680 g/mol. The average molecular weight is 723 g/mol. The molecule has 0 aliphatic carbocycles. The van der Waals surface area contributed by atoms with Gasteiger partial charge in [0.05, 0.1) is 24.3 Å². The molecule has 0 bridgehead atoms. The molecule has 0 radical (unpaired) electrons. The number of hydrazine groups is 1. The predicted molar refractivity (Wildman–Crippen MR) is 195 cm³/mol. The van der Waals surface area contributed by atoms with Crippen LogP contribution in [0.4, 0.5) is 5.69 Å². The van der Waals surface area contributed by atoms with Gasteiger partial charge in [-0.1, -0.05) is 37.1 Å². The number of hydroxylamine groups is 1. The minimum atomic E-state index is -1.04. The van der Waals surface area contributed by atoms with Gasteiger partial charge in [0.15, 0.2) is 0 Å². The van der Waals surface area contributed by atoms with Crippen molar-refractivity contribution in [3.8, 4) is 5.75 Å². The second-order valence-corrected chi connectivity index (χ2v) is 13.0. The van der Waals surface area contributed by atoms with E-state index in [1.165, 1.54) is 11.1 Å². The third-order valence-electron chi connectivity index (χ3n) is 9.28. The number of anilines is 1. The second kappa shape index (κ2) is 16.4. The number of ether oxygens (including phenoxy) is 1. The summed E-state index contributed by atoms with van der Waals surface area (Å²) in [7, 11) is 0. The molecule has 15 nitrogen and oxygen atoms in total. The Morgan fingerprint density at radius 3 is 2.57 bits per heavy atom. The number of unbranched alkanes of at least 4 members (excludes halogenated alkanes) is 3. The van der Waals surface area contributed by atoms with E-state index in [4.69, 9.17) is 21.5 Å². The van der Waals surface area contributed by atoms with Crippen LogP contribution in [0.3, 0.4) is 0 Å². The Labute approximate surface area is 305 Å². The monoisotopic (exact) mass is 722 g/mol. The highest BCUT2D eigenvalue weighted by Crippen LogP contribution is 2.32.